The molecule has 2 aliphatic rings. The Bertz CT molecular complexity index is 974. The van der Waals surface area contributed by atoms with Crippen LogP contribution in [-0.4, -0.2) is 83.4 Å². The number of pyridine rings is 1. The van der Waals surface area contributed by atoms with Crippen molar-refractivity contribution in [3.05, 3.63) is 59.9 Å². The Morgan fingerprint density at radius 2 is 1.73 bits per heavy atom. The van der Waals surface area contributed by atoms with Crippen molar-refractivity contribution in [2.45, 2.75) is 25.4 Å². The Morgan fingerprint density at radius 3 is 2.39 bits per heavy atom. The Morgan fingerprint density at radius 1 is 1.03 bits per heavy atom. The predicted molar refractivity (Wildman–Crippen MR) is 121 cm³/mol. The number of nitrogens with zero attached hydrogens (tertiary/aromatic N) is 4. The molecule has 2 aromatic rings. The summed E-state index contributed by atoms with van der Waals surface area (Å²) in [5, 5.41) is 2.66. The molecular weight excluding hydrogens is 422 g/mol. The molecule has 0 unspecified atom stereocenters. The van der Waals surface area contributed by atoms with Crippen LogP contribution < -0.4 is 10.1 Å². The van der Waals surface area contributed by atoms with Crippen molar-refractivity contribution >= 4 is 17.8 Å². The number of nitrogens with one attached hydrogen (secondary N) is 1. The summed E-state index contributed by atoms with van der Waals surface area (Å²) in [6, 6.07) is 9.95. The molecule has 0 radical (unpaired) electrons. The highest BCUT2D eigenvalue weighted by molar-refractivity contribution is 6.05. The van der Waals surface area contributed by atoms with E-state index in [1.165, 1.54) is 5.56 Å². The lowest BCUT2D eigenvalue weighted by atomic mass is 10.1. The molecule has 9 nitrogen and oxygen atoms in total. The molecule has 0 aliphatic carbocycles. The summed E-state index contributed by atoms with van der Waals surface area (Å²) < 4.78 is 5.13. The van der Waals surface area contributed by atoms with Crippen molar-refractivity contribution in [3.8, 4) is 5.75 Å². The van der Waals surface area contributed by atoms with Gasteiger partial charge >= 0.3 is 6.03 Å². The molecule has 9 heteroatoms. The fraction of sp³-hybridized carbons (Fsp3) is 0.417. The smallest absolute Gasteiger partial charge is 0.325 e. The number of rotatable bonds is 8. The molecule has 174 valence electrons. The van der Waals surface area contributed by atoms with Gasteiger partial charge in [-0.05, 0) is 41.8 Å². The first kappa shape index (κ1) is 22.7. The molecule has 3 heterocycles. The maximum Gasteiger partial charge on any atom is 0.325 e. The average Bonchev–Trinajstić information content (AvgIpc) is 3.11. The van der Waals surface area contributed by atoms with Crippen LogP contribution in [0.2, 0.25) is 0 Å². The van der Waals surface area contributed by atoms with E-state index in [4.69, 9.17) is 4.74 Å². The summed E-state index contributed by atoms with van der Waals surface area (Å²) in [7, 11) is 1.58. The second kappa shape index (κ2) is 10.4. The van der Waals surface area contributed by atoms with Gasteiger partial charge in [-0.3, -0.25) is 24.4 Å². The minimum atomic E-state index is -0.812. The third kappa shape index (κ3) is 5.67. The molecule has 4 amide bonds. The van der Waals surface area contributed by atoms with Crippen LogP contribution in [0, 0.1) is 0 Å². The van der Waals surface area contributed by atoms with Gasteiger partial charge in [-0.1, -0.05) is 12.1 Å². The minimum absolute atomic E-state index is 0.0132. The number of hydrogen-bond donors (Lipinski definition) is 1. The summed E-state index contributed by atoms with van der Waals surface area (Å²) in [6.45, 7) is 3.94. The SMILES string of the molecule is COc1ccc(CN2C(=O)N[C@@H](CC(=O)N3CCN(CCc4ccncc4)CC3)C2=O)cc1. The number of methoxy groups -OCH3 is 1. The molecule has 0 bridgehead atoms. The van der Waals surface area contributed by atoms with Crippen LogP contribution in [0.5, 0.6) is 5.75 Å². The fourth-order valence-electron chi connectivity index (χ4n) is 4.14. The van der Waals surface area contributed by atoms with Crippen molar-refractivity contribution in [1.82, 2.24) is 25.0 Å². The third-order valence-corrected chi connectivity index (χ3v) is 6.18. The normalized spacial score (nSPS) is 19.0. The van der Waals surface area contributed by atoms with Gasteiger partial charge in [0.25, 0.3) is 5.91 Å². The summed E-state index contributed by atoms with van der Waals surface area (Å²) >= 11 is 0. The van der Waals surface area contributed by atoms with Gasteiger partial charge in [-0.25, -0.2) is 4.79 Å². The number of amides is 4. The number of urea groups is 1. The topological polar surface area (TPSA) is 95.1 Å². The lowest BCUT2D eigenvalue weighted by Gasteiger charge is -2.35. The highest BCUT2D eigenvalue weighted by Crippen LogP contribution is 2.18. The van der Waals surface area contributed by atoms with Gasteiger partial charge in [0.2, 0.25) is 5.91 Å². The van der Waals surface area contributed by atoms with E-state index in [2.05, 4.69) is 15.2 Å². The average molecular weight is 452 g/mol. The van der Waals surface area contributed by atoms with Gasteiger partial charge in [0.05, 0.1) is 20.1 Å². The zero-order valence-electron chi connectivity index (χ0n) is 18.8. The molecule has 1 aromatic carbocycles. The molecule has 33 heavy (non-hydrogen) atoms. The number of piperazine rings is 1. The Balaban J connectivity index is 1.24. The first-order valence-corrected chi connectivity index (χ1v) is 11.2. The van der Waals surface area contributed by atoms with Crippen molar-refractivity contribution in [1.29, 1.82) is 0 Å². The summed E-state index contributed by atoms with van der Waals surface area (Å²) in [6.07, 6.45) is 4.53. The fourth-order valence-corrected chi connectivity index (χ4v) is 4.14. The molecule has 1 atom stereocenters. The van der Waals surface area contributed by atoms with E-state index in [1.807, 2.05) is 24.3 Å². The molecule has 4 rings (SSSR count). The number of aromatic nitrogens is 1. The molecule has 1 N–H and O–H groups in total. The van der Waals surface area contributed by atoms with Gasteiger partial charge in [-0.2, -0.15) is 0 Å². The number of benzene rings is 1. The third-order valence-electron chi connectivity index (χ3n) is 6.18. The zero-order valence-corrected chi connectivity index (χ0v) is 18.8. The molecule has 2 saturated heterocycles. The standard InChI is InChI=1S/C24H29N5O4/c1-33-20-4-2-19(3-5-20)17-29-23(31)21(26-24(29)32)16-22(30)28-14-12-27(13-15-28)11-8-18-6-9-25-10-7-18/h2-7,9-10,21H,8,11-17H2,1H3,(H,26,32)/t21-/m0/s1. The first-order chi connectivity index (χ1) is 16.0. The van der Waals surface area contributed by atoms with Crippen molar-refractivity contribution < 1.29 is 19.1 Å². The maximum atomic E-state index is 12.8. The lowest BCUT2D eigenvalue weighted by molar-refractivity contribution is -0.137. The molecule has 0 spiro atoms. The second-order valence-electron chi connectivity index (χ2n) is 8.31. The summed E-state index contributed by atoms with van der Waals surface area (Å²) in [4.78, 5) is 47.2. The van der Waals surface area contributed by atoms with Crippen LogP contribution in [0.15, 0.2) is 48.8 Å². The maximum absolute atomic E-state index is 12.8. The number of carbonyl (C=O) groups excluding carboxylic acids is 3. The Kier molecular flexibility index (Phi) is 7.19. The van der Waals surface area contributed by atoms with Crippen LogP contribution in [0.1, 0.15) is 17.5 Å². The molecule has 2 fully saturated rings. The van der Waals surface area contributed by atoms with Gasteiger partial charge in [0, 0.05) is 45.1 Å². The predicted octanol–water partition coefficient (Wildman–Crippen LogP) is 1.29. The minimum Gasteiger partial charge on any atom is -0.497 e. The highest BCUT2D eigenvalue weighted by atomic mass is 16.5. The van der Waals surface area contributed by atoms with E-state index >= 15 is 0 Å². The van der Waals surface area contributed by atoms with Crippen molar-refractivity contribution in [2.75, 3.05) is 39.8 Å². The first-order valence-electron chi connectivity index (χ1n) is 11.2. The van der Waals surface area contributed by atoms with Crippen molar-refractivity contribution in [3.63, 3.8) is 0 Å². The van der Waals surface area contributed by atoms with Crippen LogP contribution in [-0.2, 0) is 22.6 Å². The van der Waals surface area contributed by atoms with E-state index in [1.54, 1.807) is 36.5 Å². The van der Waals surface area contributed by atoms with E-state index in [9.17, 15) is 14.4 Å². The number of carbonyl (C=O) groups is 3. The van der Waals surface area contributed by atoms with Crippen LogP contribution in [0.3, 0.4) is 0 Å². The monoisotopic (exact) mass is 451 g/mol. The van der Waals surface area contributed by atoms with Crippen molar-refractivity contribution in [2.24, 2.45) is 0 Å². The number of hydrogen-bond acceptors (Lipinski definition) is 6. The molecular formula is C24H29N5O4. The van der Waals surface area contributed by atoms with Gasteiger partial charge in [-0.15, -0.1) is 0 Å². The van der Waals surface area contributed by atoms with Gasteiger partial charge < -0.3 is 15.0 Å². The number of imide groups is 1. The lowest BCUT2D eigenvalue weighted by Crippen LogP contribution is -2.50. The number of ether oxygens (including phenoxy) is 1. The molecule has 2 aliphatic heterocycles. The van der Waals surface area contributed by atoms with E-state index in [0.29, 0.717) is 18.8 Å². The van der Waals surface area contributed by atoms with E-state index < -0.39 is 12.1 Å². The Labute approximate surface area is 193 Å². The molecule has 0 saturated carbocycles. The van der Waals surface area contributed by atoms with Crippen LogP contribution in [0.4, 0.5) is 4.79 Å². The second-order valence-corrected chi connectivity index (χ2v) is 8.31. The van der Waals surface area contributed by atoms with E-state index in [-0.39, 0.29) is 24.8 Å². The summed E-state index contributed by atoms with van der Waals surface area (Å²) in [5.74, 6) is 0.241. The van der Waals surface area contributed by atoms with Gasteiger partial charge in [0.1, 0.15) is 11.8 Å². The van der Waals surface area contributed by atoms with E-state index in [0.717, 1.165) is 36.5 Å². The van der Waals surface area contributed by atoms with Crippen LogP contribution >= 0.6 is 0 Å². The van der Waals surface area contributed by atoms with Gasteiger partial charge in [0.15, 0.2) is 0 Å². The quantitative estimate of drug-likeness (QED) is 0.608. The Hall–Kier alpha value is -3.46. The largest absolute Gasteiger partial charge is 0.497 e. The van der Waals surface area contributed by atoms with Crippen LogP contribution in [0.25, 0.3) is 0 Å². The summed E-state index contributed by atoms with van der Waals surface area (Å²) in [5.41, 5.74) is 2.06. The zero-order chi connectivity index (χ0) is 23.2. The molecule has 1 aromatic heterocycles. The highest BCUT2D eigenvalue weighted by Gasteiger charge is 2.39.